The van der Waals surface area contributed by atoms with E-state index in [2.05, 4.69) is 41.7 Å². The van der Waals surface area contributed by atoms with Crippen molar-refractivity contribution < 1.29 is 0 Å². The van der Waals surface area contributed by atoms with Crippen LogP contribution in [0, 0.1) is 0 Å². The van der Waals surface area contributed by atoms with Crippen molar-refractivity contribution in [2.75, 3.05) is 0 Å². The Morgan fingerprint density at radius 1 is 1.07 bits per heavy atom. The van der Waals surface area contributed by atoms with Gasteiger partial charge in [0.15, 0.2) is 0 Å². The molecule has 1 N–H and O–H groups in total. The third-order valence-corrected chi connectivity index (χ3v) is 3.29. The molecule has 0 saturated carbocycles. The lowest BCUT2D eigenvalue weighted by Gasteiger charge is -2.31. The van der Waals surface area contributed by atoms with E-state index in [0.717, 1.165) is 6.42 Å². The van der Waals surface area contributed by atoms with Crippen molar-refractivity contribution in [3.05, 3.63) is 47.5 Å². The smallest absolute Gasteiger partial charge is 0.0360 e. The molecule has 2 heterocycles. The van der Waals surface area contributed by atoms with Crippen molar-refractivity contribution in [1.82, 2.24) is 5.32 Å². The highest BCUT2D eigenvalue weighted by atomic mass is 15.0. The van der Waals surface area contributed by atoms with Crippen molar-refractivity contribution in [3.8, 4) is 0 Å². The molecule has 3 rings (SSSR count). The molecule has 0 aromatic heterocycles. The second kappa shape index (κ2) is 3.25. The Morgan fingerprint density at radius 2 is 1.93 bits per heavy atom. The minimum absolute atomic E-state index is 0.559. The van der Waals surface area contributed by atoms with Gasteiger partial charge in [-0.3, -0.25) is 0 Å². The molecule has 0 radical (unpaired) electrons. The third kappa shape index (κ3) is 1.28. The molecule has 0 saturated heterocycles. The summed E-state index contributed by atoms with van der Waals surface area (Å²) in [6, 6.07) is 10.1. The Kier molecular flexibility index (Phi) is 1.91. The van der Waals surface area contributed by atoms with Gasteiger partial charge in [-0.05, 0) is 30.4 Å². The summed E-state index contributed by atoms with van der Waals surface area (Å²) in [5.74, 6) is 0. The van der Waals surface area contributed by atoms with Crippen LogP contribution in [0.2, 0.25) is 0 Å². The van der Waals surface area contributed by atoms with Crippen LogP contribution in [0.3, 0.4) is 0 Å². The van der Waals surface area contributed by atoms with E-state index in [-0.39, 0.29) is 0 Å². The number of hydrogen-bond acceptors (Lipinski definition) is 1. The molecular formula is C13H15N. The number of rotatable bonds is 0. The number of hydrogen-bond donors (Lipinski definition) is 1. The van der Waals surface area contributed by atoms with Gasteiger partial charge in [0.1, 0.15) is 0 Å². The number of nitrogens with one attached hydrogen (secondary N) is 1. The first-order chi connectivity index (χ1) is 6.93. The summed E-state index contributed by atoms with van der Waals surface area (Å²) < 4.78 is 0. The van der Waals surface area contributed by atoms with Crippen LogP contribution in [-0.4, -0.2) is 6.04 Å². The molecule has 2 aliphatic rings. The largest absolute Gasteiger partial charge is 0.306 e. The fourth-order valence-electron chi connectivity index (χ4n) is 2.60. The maximum Gasteiger partial charge on any atom is 0.0360 e. The summed E-state index contributed by atoms with van der Waals surface area (Å²) in [5, 5.41) is 3.71. The maximum absolute atomic E-state index is 3.71. The molecule has 14 heavy (non-hydrogen) atoms. The molecule has 0 fully saturated rings. The summed E-state index contributed by atoms with van der Waals surface area (Å²) in [6.07, 6.45) is 8.17. The van der Waals surface area contributed by atoms with Crippen LogP contribution in [0.5, 0.6) is 0 Å². The topological polar surface area (TPSA) is 12.0 Å². The van der Waals surface area contributed by atoms with Gasteiger partial charge in [0.25, 0.3) is 0 Å². The molecule has 0 unspecified atom stereocenters. The Hall–Kier alpha value is -1.08. The van der Waals surface area contributed by atoms with Gasteiger partial charge in [-0.2, -0.15) is 0 Å². The predicted octanol–water partition coefficient (Wildman–Crippen LogP) is 2.59. The molecule has 1 aromatic rings. The van der Waals surface area contributed by atoms with E-state index in [1.165, 1.54) is 18.4 Å². The van der Waals surface area contributed by atoms with Crippen LogP contribution in [0.15, 0.2) is 36.4 Å². The molecule has 2 aliphatic heterocycles. The minimum atomic E-state index is 0.559. The lowest BCUT2D eigenvalue weighted by atomic mass is 9.89. The lowest BCUT2D eigenvalue weighted by molar-refractivity contribution is 0.416. The van der Waals surface area contributed by atoms with Gasteiger partial charge in [-0.1, -0.05) is 36.4 Å². The summed E-state index contributed by atoms with van der Waals surface area (Å²) in [6.45, 7) is 0. The Morgan fingerprint density at radius 3 is 2.93 bits per heavy atom. The third-order valence-electron chi connectivity index (χ3n) is 3.29. The molecule has 2 atom stereocenters. The highest BCUT2D eigenvalue weighted by Crippen LogP contribution is 2.30. The second-order valence-electron chi connectivity index (χ2n) is 4.26. The molecular weight excluding hydrogens is 170 g/mol. The van der Waals surface area contributed by atoms with Crippen molar-refractivity contribution in [3.63, 3.8) is 0 Å². The standard InChI is InChI=1S/C13H15N/c1-3-7-12-10(5-1)9-11-6-2-4-8-13(12)14-11/h1-5,7,11,13-14H,6,8-9H2/t11-,13+/m0/s1. The summed E-state index contributed by atoms with van der Waals surface area (Å²) in [7, 11) is 0. The molecule has 2 bridgehead atoms. The van der Waals surface area contributed by atoms with Crippen LogP contribution >= 0.6 is 0 Å². The molecule has 72 valence electrons. The van der Waals surface area contributed by atoms with E-state index < -0.39 is 0 Å². The van der Waals surface area contributed by atoms with E-state index in [0.29, 0.717) is 12.1 Å². The van der Waals surface area contributed by atoms with Crippen LogP contribution in [0.4, 0.5) is 0 Å². The van der Waals surface area contributed by atoms with Gasteiger partial charge in [0.05, 0.1) is 0 Å². The van der Waals surface area contributed by atoms with Gasteiger partial charge in [0.2, 0.25) is 0 Å². The SMILES string of the molecule is C1=CC[C@H]2N[C@@H](C1)Cc1ccccc12. The lowest BCUT2D eigenvalue weighted by Crippen LogP contribution is -2.37. The summed E-state index contributed by atoms with van der Waals surface area (Å²) in [4.78, 5) is 0. The van der Waals surface area contributed by atoms with E-state index >= 15 is 0 Å². The Labute approximate surface area is 84.8 Å². The number of benzene rings is 1. The van der Waals surface area contributed by atoms with Gasteiger partial charge < -0.3 is 5.32 Å². The zero-order valence-electron chi connectivity index (χ0n) is 8.24. The van der Waals surface area contributed by atoms with Crippen LogP contribution in [0.1, 0.15) is 30.0 Å². The average Bonchev–Trinajstić information content (AvgIpc) is 2.41. The van der Waals surface area contributed by atoms with Gasteiger partial charge >= 0.3 is 0 Å². The Bertz CT molecular complexity index is 367. The molecule has 0 spiro atoms. The Balaban J connectivity index is 2.05. The zero-order chi connectivity index (χ0) is 9.38. The van der Waals surface area contributed by atoms with Crippen LogP contribution < -0.4 is 5.32 Å². The zero-order valence-corrected chi connectivity index (χ0v) is 8.24. The molecule has 0 amide bonds. The number of fused-ring (bicyclic) bond motifs is 4. The van der Waals surface area contributed by atoms with E-state index in [1.807, 2.05) is 0 Å². The first-order valence-corrected chi connectivity index (χ1v) is 5.42. The molecule has 1 heteroatoms. The average molecular weight is 185 g/mol. The molecule has 1 aromatic carbocycles. The van der Waals surface area contributed by atoms with Crippen LogP contribution in [0.25, 0.3) is 0 Å². The highest BCUT2D eigenvalue weighted by molar-refractivity contribution is 5.34. The summed E-state index contributed by atoms with van der Waals surface area (Å²) in [5.41, 5.74) is 3.06. The van der Waals surface area contributed by atoms with E-state index in [1.54, 1.807) is 5.56 Å². The normalized spacial score (nSPS) is 29.4. The monoisotopic (exact) mass is 185 g/mol. The van der Waals surface area contributed by atoms with Crippen molar-refractivity contribution in [2.45, 2.75) is 31.3 Å². The first-order valence-electron chi connectivity index (χ1n) is 5.42. The van der Waals surface area contributed by atoms with Crippen molar-refractivity contribution in [2.24, 2.45) is 0 Å². The fourth-order valence-corrected chi connectivity index (χ4v) is 2.60. The maximum atomic E-state index is 3.71. The quantitative estimate of drug-likeness (QED) is 0.613. The highest BCUT2D eigenvalue weighted by Gasteiger charge is 2.25. The van der Waals surface area contributed by atoms with E-state index in [4.69, 9.17) is 0 Å². The summed E-state index contributed by atoms with van der Waals surface area (Å²) >= 11 is 0. The first kappa shape index (κ1) is 8.25. The van der Waals surface area contributed by atoms with Gasteiger partial charge in [0, 0.05) is 12.1 Å². The predicted molar refractivity (Wildman–Crippen MR) is 58.2 cm³/mol. The second-order valence-corrected chi connectivity index (χ2v) is 4.26. The fraction of sp³-hybridized carbons (Fsp3) is 0.385. The molecule has 1 nitrogen and oxygen atoms in total. The minimum Gasteiger partial charge on any atom is -0.306 e. The molecule has 0 aliphatic carbocycles. The van der Waals surface area contributed by atoms with Gasteiger partial charge in [-0.25, -0.2) is 0 Å². The van der Waals surface area contributed by atoms with Gasteiger partial charge in [-0.15, -0.1) is 0 Å². The van der Waals surface area contributed by atoms with Crippen molar-refractivity contribution >= 4 is 0 Å². The van der Waals surface area contributed by atoms with Crippen LogP contribution in [-0.2, 0) is 6.42 Å². The van der Waals surface area contributed by atoms with Crippen molar-refractivity contribution in [1.29, 1.82) is 0 Å². The van der Waals surface area contributed by atoms with E-state index in [9.17, 15) is 0 Å².